The number of carbonyl (C=O) groups excluding carboxylic acids is 1. The van der Waals surface area contributed by atoms with Crippen molar-refractivity contribution < 1.29 is 14.3 Å². The third-order valence-electron chi connectivity index (χ3n) is 4.25. The number of hydrogen-bond acceptors (Lipinski definition) is 5. The van der Waals surface area contributed by atoms with Crippen LogP contribution in [-0.2, 0) is 4.74 Å². The molecular weight excluding hydrogens is 409 g/mol. The van der Waals surface area contributed by atoms with Crippen molar-refractivity contribution in [3.63, 3.8) is 0 Å². The van der Waals surface area contributed by atoms with Gasteiger partial charge in [-0.1, -0.05) is 0 Å². The molecule has 6 nitrogen and oxygen atoms in total. The Morgan fingerprint density at radius 1 is 1.22 bits per heavy atom. The number of aromatic nitrogens is 2. The molecule has 0 radical (unpaired) electrons. The summed E-state index contributed by atoms with van der Waals surface area (Å²) in [6.45, 7) is 7.21. The molecule has 1 aliphatic heterocycles. The summed E-state index contributed by atoms with van der Waals surface area (Å²) < 4.78 is 12.2. The van der Waals surface area contributed by atoms with Gasteiger partial charge in [0.2, 0.25) is 5.88 Å². The molecular formula is C16H22IN3O3. The standard InChI is InChI=1S/C16H22IN3O3/c1-16(2,3)23-15(21)20-8-10-6-12(7-11(10)9-20)22-14-5-4-13(17)18-19-14/h4-5,10-12H,6-9H2,1-3H3/t10-,11?,12-/m1/s1. The Balaban J connectivity index is 1.51. The molecule has 1 aliphatic carbocycles. The molecule has 1 saturated carbocycles. The fourth-order valence-corrected chi connectivity index (χ4v) is 3.64. The first-order valence-electron chi connectivity index (χ1n) is 7.94. The first-order valence-corrected chi connectivity index (χ1v) is 9.02. The molecule has 1 unspecified atom stereocenters. The van der Waals surface area contributed by atoms with E-state index >= 15 is 0 Å². The van der Waals surface area contributed by atoms with Crippen LogP contribution < -0.4 is 4.74 Å². The van der Waals surface area contributed by atoms with Crippen LogP contribution >= 0.6 is 22.6 Å². The number of amides is 1. The Kier molecular flexibility index (Phi) is 4.66. The average molecular weight is 431 g/mol. The average Bonchev–Trinajstić information content (AvgIpc) is 2.97. The number of likely N-dealkylation sites (tertiary alicyclic amines) is 1. The predicted molar refractivity (Wildman–Crippen MR) is 93.2 cm³/mol. The Labute approximate surface area is 150 Å². The van der Waals surface area contributed by atoms with Gasteiger partial charge in [0.05, 0.1) is 0 Å². The highest BCUT2D eigenvalue weighted by molar-refractivity contribution is 14.1. The number of nitrogens with zero attached hydrogens (tertiary/aromatic N) is 3. The second-order valence-corrected chi connectivity index (χ2v) is 8.42. The lowest BCUT2D eigenvalue weighted by Crippen LogP contribution is -2.36. The fraction of sp³-hybridized carbons (Fsp3) is 0.688. The smallest absolute Gasteiger partial charge is 0.410 e. The van der Waals surface area contributed by atoms with Gasteiger partial charge in [0.15, 0.2) is 0 Å². The van der Waals surface area contributed by atoms with Crippen molar-refractivity contribution in [2.75, 3.05) is 13.1 Å². The number of halogens is 1. The SMILES string of the molecule is CC(C)(C)OC(=O)N1CC2C[C@H](Oc3ccc(I)nn3)C[C@@H]2C1. The first-order chi connectivity index (χ1) is 10.8. The summed E-state index contributed by atoms with van der Waals surface area (Å²) in [5.41, 5.74) is -0.441. The van der Waals surface area contributed by atoms with Gasteiger partial charge in [0, 0.05) is 19.2 Å². The van der Waals surface area contributed by atoms with Crippen LogP contribution in [0.4, 0.5) is 4.79 Å². The molecule has 0 spiro atoms. The summed E-state index contributed by atoms with van der Waals surface area (Å²) >= 11 is 2.12. The van der Waals surface area contributed by atoms with Crippen molar-refractivity contribution in [3.05, 3.63) is 15.8 Å². The maximum atomic E-state index is 12.2. The lowest BCUT2D eigenvalue weighted by molar-refractivity contribution is 0.0271. The monoisotopic (exact) mass is 431 g/mol. The lowest BCUT2D eigenvalue weighted by atomic mass is 10.0. The second kappa shape index (κ2) is 6.41. The molecule has 1 amide bonds. The van der Waals surface area contributed by atoms with E-state index in [1.54, 1.807) is 0 Å². The van der Waals surface area contributed by atoms with Crippen molar-refractivity contribution in [3.8, 4) is 5.88 Å². The molecule has 126 valence electrons. The van der Waals surface area contributed by atoms with E-state index in [4.69, 9.17) is 9.47 Å². The second-order valence-electron chi connectivity index (χ2n) is 7.31. The Morgan fingerprint density at radius 2 is 1.87 bits per heavy atom. The zero-order valence-corrected chi connectivity index (χ0v) is 15.8. The highest BCUT2D eigenvalue weighted by Crippen LogP contribution is 2.39. The van der Waals surface area contributed by atoms with Crippen LogP contribution in [0.5, 0.6) is 5.88 Å². The van der Waals surface area contributed by atoms with E-state index < -0.39 is 5.60 Å². The summed E-state index contributed by atoms with van der Waals surface area (Å²) in [6.07, 6.45) is 1.88. The minimum Gasteiger partial charge on any atom is -0.473 e. The molecule has 2 heterocycles. The van der Waals surface area contributed by atoms with Crippen molar-refractivity contribution >= 4 is 28.7 Å². The van der Waals surface area contributed by atoms with Crippen molar-refractivity contribution in [1.82, 2.24) is 15.1 Å². The maximum absolute atomic E-state index is 12.2. The van der Waals surface area contributed by atoms with Gasteiger partial charge in [-0.05, 0) is 74.1 Å². The minimum atomic E-state index is -0.441. The summed E-state index contributed by atoms with van der Waals surface area (Å²) in [7, 11) is 0. The molecule has 0 aromatic carbocycles. The van der Waals surface area contributed by atoms with Crippen LogP contribution in [0.3, 0.4) is 0 Å². The van der Waals surface area contributed by atoms with Crippen LogP contribution in [0.2, 0.25) is 0 Å². The van der Waals surface area contributed by atoms with Gasteiger partial charge in [0.1, 0.15) is 15.4 Å². The fourth-order valence-electron chi connectivity index (χ4n) is 3.35. The minimum absolute atomic E-state index is 0.167. The Morgan fingerprint density at radius 3 is 2.39 bits per heavy atom. The van der Waals surface area contributed by atoms with Gasteiger partial charge in [-0.25, -0.2) is 4.79 Å². The molecule has 23 heavy (non-hydrogen) atoms. The highest BCUT2D eigenvalue weighted by atomic mass is 127. The topological polar surface area (TPSA) is 64.5 Å². The van der Waals surface area contributed by atoms with Gasteiger partial charge < -0.3 is 14.4 Å². The molecule has 3 rings (SSSR count). The highest BCUT2D eigenvalue weighted by Gasteiger charge is 2.44. The maximum Gasteiger partial charge on any atom is 0.410 e. The number of rotatable bonds is 2. The lowest BCUT2D eigenvalue weighted by Gasteiger charge is -2.25. The van der Waals surface area contributed by atoms with Crippen LogP contribution in [0, 0.1) is 15.5 Å². The van der Waals surface area contributed by atoms with E-state index in [9.17, 15) is 4.79 Å². The van der Waals surface area contributed by atoms with Gasteiger partial charge in [-0.2, -0.15) is 0 Å². The quantitative estimate of drug-likeness (QED) is 0.674. The predicted octanol–water partition coefficient (Wildman–Crippen LogP) is 3.11. The Hall–Kier alpha value is -1.12. The normalized spacial score (nSPS) is 27.0. The zero-order valence-electron chi connectivity index (χ0n) is 13.7. The summed E-state index contributed by atoms with van der Waals surface area (Å²) in [5.74, 6) is 1.56. The zero-order chi connectivity index (χ0) is 16.6. The molecule has 7 heteroatoms. The molecule has 2 fully saturated rings. The van der Waals surface area contributed by atoms with E-state index in [2.05, 4.69) is 32.8 Å². The number of fused-ring (bicyclic) bond motifs is 1. The first kappa shape index (κ1) is 16.7. The molecule has 1 saturated heterocycles. The van der Waals surface area contributed by atoms with Crippen molar-refractivity contribution in [2.45, 2.75) is 45.3 Å². The van der Waals surface area contributed by atoms with Gasteiger partial charge >= 0.3 is 6.09 Å². The number of hydrogen-bond donors (Lipinski definition) is 0. The third kappa shape index (κ3) is 4.24. The van der Waals surface area contributed by atoms with Crippen LogP contribution in [0.1, 0.15) is 33.6 Å². The summed E-state index contributed by atoms with van der Waals surface area (Å²) in [5, 5.41) is 8.06. The largest absolute Gasteiger partial charge is 0.473 e. The molecule has 1 aromatic heterocycles. The van der Waals surface area contributed by atoms with Crippen LogP contribution in [0.15, 0.2) is 12.1 Å². The van der Waals surface area contributed by atoms with E-state index in [1.165, 1.54) is 0 Å². The third-order valence-corrected chi connectivity index (χ3v) is 4.83. The van der Waals surface area contributed by atoms with Gasteiger partial charge in [-0.15, -0.1) is 10.2 Å². The molecule has 1 aromatic rings. The van der Waals surface area contributed by atoms with E-state index in [0.717, 1.165) is 29.6 Å². The summed E-state index contributed by atoms with van der Waals surface area (Å²) in [6, 6.07) is 3.75. The Bertz CT molecular complexity index is 559. The van der Waals surface area contributed by atoms with E-state index in [-0.39, 0.29) is 12.2 Å². The molecule has 3 atom stereocenters. The van der Waals surface area contributed by atoms with Crippen LogP contribution in [0.25, 0.3) is 0 Å². The van der Waals surface area contributed by atoms with Crippen LogP contribution in [-0.4, -0.2) is 46.0 Å². The van der Waals surface area contributed by atoms with E-state index in [0.29, 0.717) is 17.7 Å². The van der Waals surface area contributed by atoms with Gasteiger partial charge in [0.25, 0.3) is 0 Å². The summed E-state index contributed by atoms with van der Waals surface area (Å²) in [4.78, 5) is 14.0. The van der Waals surface area contributed by atoms with Crippen molar-refractivity contribution in [1.29, 1.82) is 0 Å². The molecule has 0 bridgehead atoms. The van der Waals surface area contributed by atoms with E-state index in [1.807, 2.05) is 37.8 Å². The van der Waals surface area contributed by atoms with Gasteiger partial charge in [-0.3, -0.25) is 0 Å². The van der Waals surface area contributed by atoms with Crippen molar-refractivity contribution in [2.24, 2.45) is 11.8 Å². The molecule has 0 N–H and O–H groups in total. The number of carbonyl (C=O) groups is 1. The molecule has 2 aliphatic rings. The number of ether oxygens (including phenoxy) is 2.